The number of rotatable bonds is 3. The van der Waals surface area contributed by atoms with Crippen molar-refractivity contribution in [2.75, 3.05) is 6.79 Å². The highest BCUT2D eigenvalue weighted by Crippen LogP contribution is 2.36. The molecule has 21 heavy (non-hydrogen) atoms. The molecule has 8 heteroatoms. The van der Waals surface area contributed by atoms with E-state index in [0.29, 0.717) is 16.2 Å². The van der Waals surface area contributed by atoms with Crippen molar-refractivity contribution in [2.45, 2.75) is 0 Å². The Morgan fingerprint density at radius 3 is 2.71 bits per heavy atom. The zero-order valence-corrected chi connectivity index (χ0v) is 13.6. The molecule has 108 valence electrons. The number of halogens is 2. The van der Waals surface area contributed by atoms with Crippen LogP contribution in [0.2, 0.25) is 0 Å². The van der Waals surface area contributed by atoms with Crippen LogP contribution in [-0.2, 0) is 0 Å². The van der Waals surface area contributed by atoms with Gasteiger partial charge in [0.25, 0.3) is 0 Å². The summed E-state index contributed by atoms with van der Waals surface area (Å²) in [5.41, 5.74) is 3.13. The SMILES string of the molecule is O=C(N/N=C/c1cc2c(cc1Br)OCO2)c1ccc(Br)o1. The number of nitrogens with one attached hydrogen (secondary N) is 1. The van der Waals surface area contributed by atoms with Crippen LogP contribution in [-0.4, -0.2) is 18.9 Å². The predicted octanol–water partition coefficient (Wildman–Crippen LogP) is 3.30. The number of fused-ring (bicyclic) bond motifs is 1. The lowest BCUT2D eigenvalue weighted by Gasteiger charge is -2.01. The van der Waals surface area contributed by atoms with E-state index in [-0.39, 0.29) is 12.6 Å². The number of amides is 1. The second kappa shape index (κ2) is 5.90. The van der Waals surface area contributed by atoms with Crippen molar-refractivity contribution in [1.29, 1.82) is 0 Å². The van der Waals surface area contributed by atoms with Gasteiger partial charge in [-0.1, -0.05) is 0 Å². The normalized spacial score (nSPS) is 12.9. The molecule has 0 spiro atoms. The molecule has 1 N–H and O–H groups in total. The number of benzene rings is 1. The first-order chi connectivity index (χ1) is 10.1. The van der Waals surface area contributed by atoms with Crippen LogP contribution in [0.1, 0.15) is 16.1 Å². The van der Waals surface area contributed by atoms with E-state index >= 15 is 0 Å². The maximum atomic E-state index is 11.7. The Hall–Kier alpha value is -1.80. The van der Waals surface area contributed by atoms with Crippen molar-refractivity contribution < 1.29 is 18.7 Å². The maximum Gasteiger partial charge on any atom is 0.307 e. The van der Waals surface area contributed by atoms with Gasteiger partial charge in [-0.2, -0.15) is 5.10 Å². The van der Waals surface area contributed by atoms with E-state index in [1.165, 1.54) is 6.21 Å². The number of nitrogens with zero attached hydrogens (tertiary/aromatic N) is 1. The summed E-state index contributed by atoms with van der Waals surface area (Å²) in [4.78, 5) is 11.7. The van der Waals surface area contributed by atoms with Crippen LogP contribution >= 0.6 is 31.9 Å². The Morgan fingerprint density at radius 2 is 2.00 bits per heavy atom. The molecule has 1 amide bonds. The molecule has 1 aliphatic heterocycles. The summed E-state index contributed by atoms with van der Waals surface area (Å²) in [6, 6.07) is 6.74. The smallest absolute Gasteiger partial charge is 0.307 e. The van der Waals surface area contributed by atoms with E-state index in [9.17, 15) is 4.79 Å². The van der Waals surface area contributed by atoms with Crippen molar-refractivity contribution in [2.24, 2.45) is 5.10 Å². The highest BCUT2D eigenvalue weighted by Gasteiger charge is 2.15. The number of hydrogen-bond acceptors (Lipinski definition) is 5. The number of carbonyl (C=O) groups is 1. The van der Waals surface area contributed by atoms with Gasteiger partial charge in [-0.3, -0.25) is 4.79 Å². The highest BCUT2D eigenvalue weighted by molar-refractivity contribution is 9.10. The Balaban J connectivity index is 1.70. The van der Waals surface area contributed by atoms with Gasteiger partial charge >= 0.3 is 5.91 Å². The van der Waals surface area contributed by atoms with Gasteiger partial charge in [0.05, 0.1) is 6.21 Å². The molecule has 0 bridgehead atoms. The minimum absolute atomic E-state index is 0.170. The molecule has 0 atom stereocenters. The van der Waals surface area contributed by atoms with Gasteiger partial charge in [0, 0.05) is 10.0 Å². The fourth-order valence-electron chi connectivity index (χ4n) is 1.68. The predicted molar refractivity (Wildman–Crippen MR) is 81.7 cm³/mol. The Bertz CT molecular complexity index is 727. The molecule has 1 aromatic heterocycles. The summed E-state index contributed by atoms with van der Waals surface area (Å²) in [6.45, 7) is 0.201. The molecule has 0 unspecified atom stereocenters. The zero-order chi connectivity index (χ0) is 14.8. The van der Waals surface area contributed by atoms with Gasteiger partial charge in [-0.25, -0.2) is 5.43 Å². The zero-order valence-electron chi connectivity index (χ0n) is 10.4. The van der Waals surface area contributed by atoms with E-state index in [0.717, 1.165) is 10.0 Å². The minimum Gasteiger partial charge on any atom is -0.454 e. The Kier molecular flexibility index (Phi) is 3.98. The van der Waals surface area contributed by atoms with Crippen LogP contribution in [0.15, 0.2) is 42.9 Å². The Morgan fingerprint density at radius 1 is 1.24 bits per heavy atom. The number of hydrogen-bond donors (Lipinski definition) is 1. The number of ether oxygens (including phenoxy) is 2. The molecule has 0 fully saturated rings. The van der Waals surface area contributed by atoms with Gasteiger partial charge in [-0.15, -0.1) is 0 Å². The summed E-state index contributed by atoms with van der Waals surface area (Å²) in [5.74, 6) is 1.04. The summed E-state index contributed by atoms with van der Waals surface area (Å²) in [6.07, 6.45) is 1.50. The first-order valence-corrected chi connectivity index (χ1v) is 7.40. The van der Waals surface area contributed by atoms with Crippen molar-refractivity contribution in [1.82, 2.24) is 5.43 Å². The summed E-state index contributed by atoms with van der Waals surface area (Å²) >= 11 is 6.53. The molecule has 6 nitrogen and oxygen atoms in total. The average molecular weight is 416 g/mol. The molecular weight excluding hydrogens is 408 g/mol. The third kappa shape index (κ3) is 3.11. The van der Waals surface area contributed by atoms with Crippen molar-refractivity contribution in [3.63, 3.8) is 0 Å². The lowest BCUT2D eigenvalue weighted by Crippen LogP contribution is -2.16. The maximum absolute atomic E-state index is 11.7. The first-order valence-electron chi connectivity index (χ1n) is 5.81. The van der Waals surface area contributed by atoms with Crippen LogP contribution < -0.4 is 14.9 Å². The average Bonchev–Trinajstić information content (AvgIpc) is 3.07. The first kappa shape index (κ1) is 14.2. The largest absolute Gasteiger partial charge is 0.454 e. The van der Waals surface area contributed by atoms with Gasteiger partial charge < -0.3 is 13.9 Å². The van der Waals surface area contributed by atoms with E-state index in [1.807, 2.05) is 0 Å². The molecule has 2 heterocycles. The van der Waals surface area contributed by atoms with E-state index in [1.54, 1.807) is 24.3 Å². The third-order valence-electron chi connectivity index (χ3n) is 2.66. The second-order valence-electron chi connectivity index (χ2n) is 4.03. The third-order valence-corrected chi connectivity index (χ3v) is 3.77. The molecule has 2 aromatic rings. The minimum atomic E-state index is -0.436. The van der Waals surface area contributed by atoms with Crippen LogP contribution in [0.4, 0.5) is 0 Å². The Labute approximate surface area is 136 Å². The van der Waals surface area contributed by atoms with E-state index in [2.05, 4.69) is 42.4 Å². The van der Waals surface area contributed by atoms with Crippen LogP contribution in [0.25, 0.3) is 0 Å². The van der Waals surface area contributed by atoms with Gasteiger partial charge in [0.1, 0.15) is 0 Å². The molecule has 0 aliphatic carbocycles. The molecule has 0 saturated carbocycles. The van der Waals surface area contributed by atoms with E-state index in [4.69, 9.17) is 13.9 Å². The molecule has 3 rings (SSSR count). The monoisotopic (exact) mass is 414 g/mol. The second-order valence-corrected chi connectivity index (χ2v) is 5.67. The van der Waals surface area contributed by atoms with Crippen molar-refractivity contribution >= 4 is 44.0 Å². The van der Waals surface area contributed by atoms with Gasteiger partial charge in [-0.05, 0) is 56.1 Å². The molecule has 1 aliphatic rings. The van der Waals surface area contributed by atoms with Crippen molar-refractivity contribution in [3.05, 3.63) is 44.7 Å². The van der Waals surface area contributed by atoms with Crippen LogP contribution in [0.3, 0.4) is 0 Å². The van der Waals surface area contributed by atoms with Gasteiger partial charge in [0.15, 0.2) is 21.9 Å². The molecular formula is C13H8Br2N2O4. The summed E-state index contributed by atoms with van der Waals surface area (Å²) in [7, 11) is 0. The standard InChI is InChI=1S/C13H8Br2N2O4/c14-8-4-11-10(19-6-20-11)3-7(8)5-16-17-13(18)9-1-2-12(15)21-9/h1-5H,6H2,(H,17,18)/b16-5+. The van der Waals surface area contributed by atoms with Crippen LogP contribution in [0, 0.1) is 0 Å². The fraction of sp³-hybridized carbons (Fsp3) is 0.0769. The van der Waals surface area contributed by atoms with Crippen molar-refractivity contribution in [3.8, 4) is 11.5 Å². The quantitative estimate of drug-likeness (QED) is 0.616. The lowest BCUT2D eigenvalue weighted by atomic mass is 10.2. The lowest BCUT2D eigenvalue weighted by molar-refractivity contribution is 0.0926. The number of furan rings is 1. The van der Waals surface area contributed by atoms with Crippen LogP contribution in [0.5, 0.6) is 11.5 Å². The van der Waals surface area contributed by atoms with E-state index < -0.39 is 5.91 Å². The molecule has 0 radical (unpaired) electrons. The fourth-order valence-corrected chi connectivity index (χ4v) is 2.41. The summed E-state index contributed by atoms with van der Waals surface area (Å²) < 4.78 is 16.9. The number of carbonyl (C=O) groups excluding carboxylic acids is 1. The summed E-state index contributed by atoms with van der Waals surface area (Å²) in [5, 5.41) is 3.89. The highest BCUT2D eigenvalue weighted by atomic mass is 79.9. The number of hydrazone groups is 1. The molecule has 0 saturated heterocycles. The molecule has 1 aromatic carbocycles. The van der Waals surface area contributed by atoms with Gasteiger partial charge in [0.2, 0.25) is 6.79 Å². The topological polar surface area (TPSA) is 73.1 Å².